The van der Waals surface area contributed by atoms with E-state index in [1.165, 1.54) is 19.3 Å². The van der Waals surface area contributed by atoms with E-state index >= 15 is 0 Å². The summed E-state index contributed by atoms with van der Waals surface area (Å²) in [4.78, 5) is 10.4. The van der Waals surface area contributed by atoms with E-state index < -0.39 is 5.97 Å². The number of hydrogen-bond acceptors (Lipinski definition) is 1. The average molecular weight is 266 g/mol. The second-order valence-corrected chi connectivity index (χ2v) is 3.09. The maximum atomic E-state index is 10.4. The molecule has 0 spiro atoms. The van der Waals surface area contributed by atoms with Crippen molar-refractivity contribution in [1.29, 1.82) is 0 Å². The Bertz CT molecular complexity index is 115. The molecule has 0 bridgehead atoms. The van der Waals surface area contributed by atoms with E-state index in [0.717, 1.165) is 12.8 Å². The molecule has 0 aliphatic heterocycles. The molecule has 1 atom stereocenters. The summed E-state index contributed by atoms with van der Waals surface area (Å²) in [5.74, 6) is -0.826. The Kier molecular flexibility index (Phi) is 11.4. The summed E-state index contributed by atoms with van der Waals surface area (Å²) in [5.41, 5.74) is 0. The Labute approximate surface area is 90.2 Å². The molecule has 1 unspecified atom stereocenters. The van der Waals surface area contributed by atoms with Crippen molar-refractivity contribution in [2.75, 3.05) is 0 Å². The number of carboxylic acids is 1. The van der Waals surface area contributed by atoms with Crippen molar-refractivity contribution in [2.24, 2.45) is 5.92 Å². The van der Waals surface area contributed by atoms with Crippen LogP contribution in [-0.2, 0) is 27.2 Å². The molecule has 0 rings (SSSR count). The summed E-state index contributed by atoms with van der Waals surface area (Å²) in [6, 6.07) is 0. The zero-order valence-electron chi connectivity index (χ0n) is 7.77. The smallest absolute Gasteiger partial charge is 0.306 e. The fraction of sp³-hybridized carbons (Fsp3) is 0.889. The predicted molar refractivity (Wildman–Crippen MR) is 45.6 cm³/mol. The van der Waals surface area contributed by atoms with Gasteiger partial charge in [0.2, 0.25) is 0 Å². The first kappa shape index (κ1) is 14.7. The fourth-order valence-electron chi connectivity index (χ4n) is 1.00. The van der Waals surface area contributed by atoms with Gasteiger partial charge in [0.25, 0.3) is 0 Å². The van der Waals surface area contributed by atoms with Gasteiger partial charge < -0.3 is 5.11 Å². The Morgan fingerprint density at radius 2 is 1.92 bits per heavy atom. The van der Waals surface area contributed by atoms with Gasteiger partial charge in [0.05, 0.1) is 5.92 Å². The number of carboxylic acid groups (broad SMARTS) is 1. The number of carbonyl (C=O) groups is 1. The van der Waals surface area contributed by atoms with Gasteiger partial charge in [-0.2, -0.15) is 0 Å². The number of rotatable bonds is 6. The van der Waals surface area contributed by atoms with Crippen LogP contribution in [0, 0.1) is 5.92 Å². The molecule has 0 aliphatic rings. The summed E-state index contributed by atoms with van der Waals surface area (Å²) in [6.45, 7) is 3.93. The first-order valence-corrected chi connectivity index (χ1v) is 4.41. The van der Waals surface area contributed by atoms with E-state index in [2.05, 4.69) is 6.92 Å². The van der Waals surface area contributed by atoms with Gasteiger partial charge in [-0.3, -0.25) is 4.79 Å². The van der Waals surface area contributed by atoms with Crippen LogP contribution in [0.2, 0.25) is 0 Å². The van der Waals surface area contributed by atoms with E-state index in [0.29, 0.717) is 0 Å². The molecule has 0 amide bonds. The van der Waals surface area contributed by atoms with Gasteiger partial charge in [0.1, 0.15) is 0 Å². The maximum absolute atomic E-state index is 10.4. The van der Waals surface area contributed by atoms with Crippen LogP contribution in [0.1, 0.15) is 46.0 Å². The summed E-state index contributed by atoms with van der Waals surface area (Å²) in [7, 11) is 0. The van der Waals surface area contributed by atoms with Crippen molar-refractivity contribution in [1.82, 2.24) is 0 Å². The molecule has 77 valence electrons. The Hall–Kier alpha value is 0.210. The van der Waals surface area contributed by atoms with Gasteiger partial charge in [0.15, 0.2) is 0 Å². The van der Waals surface area contributed by atoms with Gasteiger partial charge in [-0.1, -0.05) is 39.5 Å². The Morgan fingerprint density at radius 3 is 2.33 bits per heavy atom. The van der Waals surface area contributed by atoms with Crippen molar-refractivity contribution in [2.45, 2.75) is 46.0 Å². The maximum Gasteiger partial charge on any atom is 0.306 e. The fourth-order valence-corrected chi connectivity index (χ4v) is 1.00. The van der Waals surface area contributed by atoms with Crippen LogP contribution < -0.4 is 0 Å². The molecular formula is C9H18AgO2. The van der Waals surface area contributed by atoms with Gasteiger partial charge in [-0.25, -0.2) is 0 Å². The van der Waals surface area contributed by atoms with Crippen LogP contribution in [-0.4, -0.2) is 11.1 Å². The standard InChI is InChI=1S/C9H18O2.Ag/c1-3-4-5-6-7-8(2)9(10)11;/h8H,3-7H2,1-2H3,(H,10,11);. The van der Waals surface area contributed by atoms with Crippen LogP contribution in [0.3, 0.4) is 0 Å². The Balaban J connectivity index is 0. The second-order valence-electron chi connectivity index (χ2n) is 3.09. The SMILES string of the molecule is CCCCCCC(C)C(=O)O.[Ag]. The van der Waals surface area contributed by atoms with E-state index in [4.69, 9.17) is 5.11 Å². The molecule has 0 saturated heterocycles. The van der Waals surface area contributed by atoms with Crippen molar-refractivity contribution in [3.8, 4) is 0 Å². The summed E-state index contributed by atoms with van der Waals surface area (Å²) in [5, 5.41) is 8.54. The zero-order chi connectivity index (χ0) is 8.69. The monoisotopic (exact) mass is 265 g/mol. The van der Waals surface area contributed by atoms with Crippen molar-refractivity contribution in [3.05, 3.63) is 0 Å². The van der Waals surface area contributed by atoms with E-state index in [-0.39, 0.29) is 28.3 Å². The third-order valence-electron chi connectivity index (χ3n) is 1.91. The van der Waals surface area contributed by atoms with Crippen LogP contribution >= 0.6 is 0 Å². The normalized spacial score (nSPS) is 11.8. The quantitative estimate of drug-likeness (QED) is 0.592. The molecule has 3 heteroatoms. The molecule has 0 aliphatic carbocycles. The van der Waals surface area contributed by atoms with E-state index in [1.807, 2.05) is 0 Å². The molecule has 12 heavy (non-hydrogen) atoms. The minimum atomic E-state index is -0.665. The van der Waals surface area contributed by atoms with Gasteiger partial charge in [0, 0.05) is 22.4 Å². The largest absolute Gasteiger partial charge is 0.481 e. The van der Waals surface area contributed by atoms with Crippen LogP contribution in [0.15, 0.2) is 0 Å². The average Bonchev–Trinajstić information content (AvgIpc) is 1.97. The van der Waals surface area contributed by atoms with E-state index in [1.54, 1.807) is 6.92 Å². The van der Waals surface area contributed by atoms with Crippen molar-refractivity contribution in [3.63, 3.8) is 0 Å². The Morgan fingerprint density at radius 1 is 1.33 bits per heavy atom. The van der Waals surface area contributed by atoms with Crippen molar-refractivity contribution >= 4 is 5.97 Å². The molecule has 2 nitrogen and oxygen atoms in total. The third-order valence-corrected chi connectivity index (χ3v) is 1.91. The minimum Gasteiger partial charge on any atom is -0.481 e. The van der Waals surface area contributed by atoms with E-state index in [9.17, 15) is 4.79 Å². The minimum absolute atomic E-state index is 0. The van der Waals surface area contributed by atoms with Crippen LogP contribution in [0.25, 0.3) is 0 Å². The molecule has 0 aromatic heterocycles. The molecule has 0 aromatic rings. The number of hydrogen-bond donors (Lipinski definition) is 1. The molecule has 0 heterocycles. The topological polar surface area (TPSA) is 37.3 Å². The second kappa shape index (κ2) is 9.30. The zero-order valence-corrected chi connectivity index (χ0v) is 9.25. The molecular weight excluding hydrogens is 248 g/mol. The molecule has 1 N–H and O–H groups in total. The van der Waals surface area contributed by atoms with Crippen molar-refractivity contribution < 1.29 is 32.3 Å². The summed E-state index contributed by atoms with van der Waals surface area (Å²) in [6.07, 6.45) is 5.50. The molecule has 0 saturated carbocycles. The molecule has 1 radical (unpaired) electrons. The van der Waals surface area contributed by atoms with Crippen LogP contribution in [0.4, 0.5) is 0 Å². The predicted octanol–water partition coefficient (Wildman–Crippen LogP) is 2.68. The molecule has 0 fully saturated rings. The van der Waals surface area contributed by atoms with Gasteiger partial charge in [-0.15, -0.1) is 0 Å². The number of unbranched alkanes of at least 4 members (excludes halogenated alkanes) is 3. The first-order chi connectivity index (χ1) is 5.18. The molecule has 0 aromatic carbocycles. The van der Waals surface area contributed by atoms with Gasteiger partial charge >= 0.3 is 5.97 Å². The first-order valence-electron chi connectivity index (χ1n) is 4.41. The third kappa shape index (κ3) is 8.31. The van der Waals surface area contributed by atoms with Crippen LogP contribution in [0.5, 0.6) is 0 Å². The number of aliphatic carboxylic acids is 1. The summed E-state index contributed by atoms with van der Waals surface area (Å²) >= 11 is 0. The summed E-state index contributed by atoms with van der Waals surface area (Å²) < 4.78 is 0. The van der Waals surface area contributed by atoms with Gasteiger partial charge in [-0.05, 0) is 6.42 Å².